The summed E-state index contributed by atoms with van der Waals surface area (Å²) >= 11 is 0. The Morgan fingerprint density at radius 3 is 2.84 bits per heavy atom. The van der Waals surface area contributed by atoms with Crippen molar-refractivity contribution in [2.24, 2.45) is 5.73 Å². The first-order chi connectivity index (χ1) is 11.8. The van der Waals surface area contributed by atoms with E-state index in [-0.39, 0.29) is 28.1 Å². The lowest BCUT2D eigenvalue weighted by molar-refractivity contribution is -0.384. The van der Waals surface area contributed by atoms with Crippen LogP contribution in [0.15, 0.2) is 37.2 Å². The van der Waals surface area contributed by atoms with Gasteiger partial charge in [0.05, 0.1) is 10.6 Å². The van der Waals surface area contributed by atoms with E-state index in [0.29, 0.717) is 0 Å². The number of alkyl halides is 2. The Hall–Kier alpha value is -3.37. The third kappa shape index (κ3) is 3.94. The number of pyridine rings is 1. The maximum Gasteiger partial charge on any atom is 0.405 e. The van der Waals surface area contributed by atoms with E-state index < -0.39 is 29.4 Å². The molecule has 25 heavy (non-hydrogen) atoms. The lowest BCUT2D eigenvalue weighted by Gasteiger charge is -2.15. The van der Waals surface area contributed by atoms with Crippen LogP contribution in [0.2, 0.25) is 0 Å². The molecular formula is C14H13F2N5O4. The van der Waals surface area contributed by atoms with E-state index in [1.54, 1.807) is 0 Å². The van der Waals surface area contributed by atoms with Gasteiger partial charge in [0.15, 0.2) is 5.69 Å². The van der Waals surface area contributed by atoms with Gasteiger partial charge in [-0.1, -0.05) is 6.08 Å². The van der Waals surface area contributed by atoms with E-state index in [9.17, 15) is 23.7 Å². The standard InChI is InChI=1S/C14H13F2N5O4/c1-2-3-11(25-14(17)22)9-6-8(4-5-18-9)12-10(21(23)24)7-19-20(12)13(15)16/h2,4-7,11,13H,1,3H2,(H2,17,22). The van der Waals surface area contributed by atoms with Gasteiger partial charge in [-0.2, -0.15) is 18.6 Å². The summed E-state index contributed by atoms with van der Waals surface area (Å²) in [5, 5.41) is 14.4. The number of hydrogen-bond acceptors (Lipinski definition) is 6. The molecule has 0 aliphatic carbocycles. The van der Waals surface area contributed by atoms with E-state index >= 15 is 0 Å². The third-order valence-corrected chi connectivity index (χ3v) is 3.18. The molecule has 0 saturated heterocycles. The van der Waals surface area contributed by atoms with Crippen molar-refractivity contribution in [2.45, 2.75) is 19.1 Å². The molecule has 1 atom stereocenters. The summed E-state index contributed by atoms with van der Waals surface area (Å²) in [5.41, 5.74) is 4.26. The van der Waals surface area contributed by atoms with Crippen molar-refractivity contribution in [1.82, 2.24) is 14.8 Å². The number of primary amides is 1. The number of nitrogens with zero attached hydrogens (tertiary/aromatic N) is 4. The van der Waals surface area contributed by atoms with Crippen LogP contribution in [0.1, 0.15) is 24.8 Å². The van der Waals surface area contributed by atoms with Gasteiger partial charge in [0.25, 0.3) is 0 Å². The van der Waals surface area contributed by atoms with E-state index in [0.717, 1.165) is 6.20 Å². The molecule has 0 saturated carbocycles. The second-order valence-electron chi connectivity index (χ2n) is 4.78. The Morgan fingerprint density at radius 1 is 1.56 bits per heavy atom. The van der Waals surface area contributed by atoms with Gasteiger partial charge in [0.2, 0.25) is 0 Å². The monoisotopic (exact) mass is 353 g/mol. The van der Waals surface area contributed by atoms with Crippen molar-refractivity contribution in [3.05, 3.63) is 53.0 Å². The Labute approximate surface area is 139 Å². The van der Waals surface area contributed by atoms with Crippen LogP contribution in [0.5, 0.6) is 0 Å². The summed E-state index contributed by atoms with van der Waals surface area (Å²) in [6.07, 6.45) is 1.64. The molecule has 2 aromatic rings. The summed E-state index contributed by atoms with van der Waals surface area (Å²) in [4.78, 5) is 25.3. The van der Waals surface area contributed by atoms with Gasteiger partial charge < -0.3 is 10.5 Å². The fourth-order valence-corrected chi connectivity index (χ4v) is 2.21. The predicted octanol–water partition coefficient (Wildman–Crippen LogP) is 2.96. The number of carbonyl (C=O) groups excluding carboxylic acids is 1. The first-order valence-electron chi connectivity index (χ1n) is 6.88. The van der Waals surface area contributed by atoms with E-state index in [1.807, 2.05) is 0 Å². The van der Waals surface area contributed by atoms with Crippen LogP contribution in [-0.4, -0.2) is 25.8 Å². The summed E-state index contributed by atoms with van der Waals surface area (Å²) in [6.45, 7) is 0.440. The SMILES string of the molecule is C=CCC(OC(N)=O)c1cc(-c2c([N+](=O)[O-])cnn2C(F)F)ccn1. The van der Waals surface area contributed by atoms with Crippen LogP contribution in [0.3, 0.4) is 0 Å². The number of nitro groups is 1. The van der Waals surface area contributed by atoms with Gasteiger partial charge in [-0.15, -0.1) is 6.58 Å². The van der Waals surface area contributed by atoms with Crippen LogP contribution in [0.25, 0.3) is 11.3 Å². The fourth-order valence-electron chi connectivity index (χ4n) is 2.21. The van der Waals surface area contributed by atoms with Gasteiger partial charge in [0, 0.05) is 18.2 Å². The Kier molecular flexibility index (Phi) is 5.37. The maximum absolute atomic E-state index is 13.1. The zero-order chi connectivity index (χ0) is 18.6. The maximum atomic E-state index is 13.1. The number of amides is 1. The zero-order valence-electron chi connectivity index (χ0n) is 12.7. The normalized spacial score (nSPS) is 12.0. The molecule has 0 spiro atoms. The minimum absolute atomic E-state index is 0.0663. The van der Waals surface area contributed by atoms with Crippen LogP contribution < -0.4 is 5.73 Å². The molecule has 2 heterocycles. The smallest absolute Gasteiger partial charge is 0.405 e. The molecule has 0 aliphatic rings. The molecular weight excluding hydrogens is 340 g/mol. The summed E-state index contributed by atoms with van der Waals surface area (Å²) in [6, 6.07) is 2.60. The Morgan fingerprint density at radius 2 is 2.28 bits per heavy atom. The second kappa shape index (κ2) is 7.47. The minimum atomic E-state index is -3.08. The van der Waals surface area contributed by atoms with Crippen molar-refractivity contribution in [2.75, 3.05) is 0 Å². The quantitative estimate of drug-likeness (QED) is 0.463. The number of rotatable bonds is 7. The Bertz CT molecular complexity index is 808. The number of halogens is 2. The molecule has 2 aromatic heterocycles. The molecule has 0 radical (unpaired) electrons. The number of carbonyl (C=O) groups is 1. The molecule has 1 unspecified atom stereocenters. The minimum Gasteiger partial charge on any atom is -0.440 e. The number of aromatic nitrogens is 3. The molecule has 2 rings (SSSR count). The van der Waals surface area contributed by atoms with Crippen molar-refractivity contribution in [3.63, 3.8) is 0 Å². The largest absolute Gasteiger partial charge is 0.440 e. The van der Waals surface area contributed by atoms with Crippen molar-refractivity contribution >= 4 is 11.8 Å². The lowest BCUT2D eigenvalue weighted by atomic mass is 10.1. The molecule has 0 aliphatic heterocycles. The highest BCUT2D eigenvalue weighted by Gasteiger charge is 2.27. The predicted molar refractivity (Wildman–Crippen MR) is 81.6 cm³/mol. The van der Waals surface area contributed by atoms with Crippen LogP contribution in [0, 0.1) is 10.1 Å². The summed E-state index contributed by atoms with van der Waals surface area (Å²) in [5.74, 6) is 0. The number of nitrogens with two attached hydrogens (primary N) is 1. The molecule has 132 valence electrons. The van der Waals surface area contributed by atoms with E-state index in [1.165, 1.54) is 24.4 Å². The number of ether oxygens (including phenoxy) is 1. The molecule has 0 bridgehead atoms. The molecule has 1 amide bonds. The van der Waals surface area contributed by atoms with E-state index in [2.05, 4.69) is 16.7 Å². The first-order valence-corrected chi connectivity index (χ1v) is 6.88. The van der Waals surface area contributed by atoms with Crippen molar-refractivity contribution < 1.29 is 23.2 Å². The summed E-state index contributed by atoms with van der Waals surface area (Å²) in [7, 11) is 0. The number of hydrogen-bond donors (Lipinski definition) is 1. The molecule has 9 nitrogen and oxygen atoms in total. The molecule has 0 fully saturated rings. The van der Waals surface area contributed by atoms with E-state index in [4.69, 9.17) is 10.5 Å². The second-order valence-corrected chi connectivity index (χ2v) is 4.78. The average molecular weight is 353 g/mol. The topological polar surface area (TPSA) is 126 Å². The average Bonchev–Trinajstić information content (AvgIpc) is 2.99. The van der Waals surface area contributed by atoms with Crippen LogP contribution in [-0.2, 0) is 4.74 Å². The van der Waals surface area contributed by atoms with Gasteiger partial charge >= 0.3 is 18.3 Å². The fraction of sp³-hybridized carbons (Fsp3) is 0.214. The first kappa shape index (κ1) is 18.0. The van der Waals surface area contributed by atoms with Crippen molar-refractivity contribution in [1.29, 1.82) is 0 Å². The van der Waals surface area contributed by atoms with Gasteiger partial charge in [-0.25, -0.2) is 4.79 Å². The molecule has 2 N–H and O–H groups in total. The van der Waals surface area contributed by atoms with Gasteiger partial charge in [-0.05, 0) is 12.1 Å². The molecule has 11 heteroatoms. The van der Waals surface area contributed by atoms with Crippen molar-refractivity contribution in [3.8, 4) is 11.3 Å². The van der Waals surface area contributed by atoms with Gasteiger partial charge in [0.1, 0.15) is 12.3 Å². The summed E-state index contributed by atoms with van der Waals surface area (Å²) < 4.78 is 31.3. The highest BCUT2D eigenvalue weighted by molar-refractivity contribution is 5.70. The van der Waals surface area contributed by atoms with Crippen LogP contribution >= 0.6 is 0 Å². The third-order valence-electron chi connectivity index (χ3n) is 3.18. The lowest BCUT2D eigenvalue weighted by Crippen LogP contribution is -2.18. The highest BCUT2D eigenvalue weighted by Crippen LogP contribution is 2.34. The Balaban J connectivity index is 2.55. The molecule has 0 aromatic carbocycles. The van der Waals surface area contributed by atoms with Gasteiger partial charge in [-0.3, -0.25) is 15.1 Å². The van der Waals surface area contributed by atoms with Crippen LogP contribution in [0.4, 0.5) is 19.3 Å². The highest BCUT2D eigenvalue weighted by atomic mass is 19.3. The zero-order valence-corrected chi connectivity index (χ0v) is 12.7.